The molecule has 1 heterocycles. The molecule has 0 saturated heterocycles. The van der Waals surface area contributed by atoms with Crippen LogP contribution in [0.1, 0.15) is 49.3 Å². The van der Waals surface area contributed by atoms with Crippen LogP contribution >= 0.6 is 0 Å². The molecule has 2 N–H and O–H groups in total. The third-order valence-corrected chi connectivity index (χ3v) is 8.16. The second-order valence-electron chi connectivity index (χ2n) is 13.0. The van der Waals surface area contributed by atoms with Gasteiger partial charge in [-0.25, -0.2) is 9.48 Å². The largest absolute Gasteiger partial charge is 0.444 e. The molecule has 0 fully saturated rings. The Kier molecular flexibility index (Phi) is 9.75. The second kappa shape index (κ2) is 14.5. The molecule has 0 radical (unpaired) electrons. The summed E-state index contributed by atoms with van der Waals surface area (Å²) in [6, 6.07) is 37.2. The maximum atomic E-state index is 14.3. The van der Waals surface area contributed by atoms with Crippen LogP contribution < -0.4 is 10.6 Å². The molecule has 9 nitrogen and oxygen atoms in total. The van der Waals surface area contributed by atoms with E-state index in [4.69, 9.17) is 4.74 Å². The number of tetrazole rings is 1. The lowest BCUT2D eigenvalue weighted by molar-refractivity contribution is -0.124. The molecule has 0 aliphatic rings. The minimum Gasteiger partial charge on any atom is -0.444 e. The van der Waals surface area contributed by atoms with Crippen molar-refractivity contribution in [2.75, 3.05) is 0 Å². The Bertz CT molecular complexity index is 2020. The first kappa shape index (κ1) is 32.4. The number of hydrogen-bond donors (Lipinski definition) is 2. The van der Waals surface area contributed by atoms with E-state index in [1.54, 1.807) is 25.5 Å². The van der Waals surface area contributed by atoms with Crippen LogP contribution in [0.4, 0.5) is 4.79 Å². The number of alkyl carbamates (subject to hydrolysis) is 1. The van der Waals surface area contributed by atoms with Crippen molar-refractivity contribution in [2.24, 2.45) is 0 Å². The van der Waals surface area contributed by atoms with Gasteiger partial charge in [-0.05, 0) is 75.9 Å². The highest BCUT2D eigenvalue weighted by molar-refractivity contribution is 5.87. The van der Waals surface area contributed by atoms with Crippen molar-refractivity contribution in [3.05, 3.63) is 138 Å². The molecule has 0 aliphatic carbocycles. The average molecular weight is 641 g/mol. The standard InChI is InChI=1S/C39H40N6O3/c1-39(2,3)48-38(47)41-35(26-29-18-20-31-14-8-10-16-33(31)24-29)37(46)40-34(25-28-17-19-30-13-7-9-15-32(30)23-28)36-42-43-44-45(36)22-21-27-11-5-4-6-12-27/h4-20,23-24,34-35H,21-22,25-26H2,1-3H3,(H,40,46)(H,41,47)/t34-,35-/m1/s1. The van der Waals surface area contributed by atoms with E-state index in [2.05, 4.69) is 68.6 Å². The third kappa shape index (κ3) is 8.41. The molecule has 0 aliphatic heterocycles. The number of aryl methyl sites for hydroxylation is 2. The number of carbonyl (C=O) groups excluding carboxylic acids is 2. The quantitative estimate of drug-likeness (QED) is 0.162. The number of aromatic nitrogens is 4. The van der Waals surface area contributed by atoms with Gasteiger partial charge in [0.2, 0.25) is 5.91 Å². The number of hydrogen-bond acceptors (Lipinski definition) is 6. The Morgan fingerprint density at radius 2 is 1.29 bits per heavy atom. The maximum absolute atomic E-state index is 14.3. The van der Waals surface area contributed by atoms with Crippen molar-refractivity contribution in [1.82, 2.24) is 30.8 Å². The lowest BCUT2D eigenvalue weighted by atomic mass is 9.99. The smallest absolute Gasteiger partial charge is 0.408 e. The Balaban J connectivity index is 1.30. The van der Waals surface area contributed by atoms with E-state index >= 15 is 0 Å². The number of fused-ring (bicyclic) bond motifs is 2. The van der Waals surface area contributed by atoms with Gasteiger partial charge in [0.15, 0.2) is 5.82 Å². The monoisotopic (exact) mass is 640 g/mol. The van der Waals surface area contributed by atoms with Gasteiger partial charge in [0.05, 0.1) is 6.04 Å². The number of carbonyl (C=O) groups is 2. The zero-order valence-electron chi connectivity index (χ0n) is 27.5. The summed E-state index contributed by atoms with van der Waals surface area (Å²) in [6.07, 6.45) is 0.761. The van der Waals surface area contributed by atoms with Gasteiger partial charge in [-0.3, -0.25) is 4.79 Å². The van der Waals surface area contributed by atoms with Gasteiger partial charge in [0, 0.05) is 19.4 Å². The van der Waals surface area contributed by atoms with Crippen molar-refractivity contribution in [3.63, 3.8) is 0 Å². The summed E-state index contributed by atoms with van der Waals surface area (Å²) in [4.78, 5) is 27.3. The van der Waals surface area contributed by atoms with E-state index in [1.165, 1.54) is 0 Å². The molecule has 0 saturated carbocycles. The topological polar surface area (TPSA) is 111 Å². The SMILES string of the molecule is CC(C)(C)OC(=O)N[C@H](Cc1ccc2ccccc2c1)C(=O)N[C@H](Cc1ccc2ccccc2c1)c1nnnn1CCc1ccccc1. The summed E-state index contributed by atoms with van der Waals surface area (Å²) >= 11 is 0. The van der Waals surface area contributed by atoms with Gasteiger partial charge < -0.3 is 15.4 Å². The number of nitrogens with one attached hydrogen (secondary N) is 2. The van der Waals surface area contributed by atoms with E-state index in [-0.39, 0.29) is 12.3 Å². The minimum absolute atomic E-state index is 0.261. The van der Waals surface area contributed by atoms with Crippen LogP contribution in [0.2, 0.25) is 0 Å². The number of benzene rings is 5. The summed E-state index contributed by atoms with van der Waals surface area (Å²) < 4.78 is 7.32. The summed E-state index contributed by atoms with van der Waals surface area (Å²) in [6.45, 7) is 5.91. The van der Waals surface area contributed by atoms with Crippen LogP contribution in [0.5, 0.6) is 0 Å². The Morgan fingerprint density at radius 1 is 0.708 bits per heavy atom. The number of ether oxygens (including phenoxy) is 1. The Morgan fingerprint density at radius 3 is 1.92 bits per heavy atom. The summed E-state index contributed by atoms with van der Waals surface area (Å²) in [5.41, 5.74) is 2.35. The average Bonchev–Trinajstić information content (AvgIpc) is 3.55. The van der Waals surface area contributed by atoms with E-state index in [1.807, 2.05) is 72.8 Å². The molecule has 2 atom stereocenters. The first-order chi connectivity index (χ1) is 23.2. The molecule has 0 unspecified atom stereocenters. The highest BCUT2D eigenvalue weighted by atomic mass is 16.6. The van der Waals surface area contributed by atoms with Crippen molar-refractivity contribution >= 4 is 33.5 Å². The molecular weight excluding hydrogens is 600 g/mol. The van der Waals surface area contributed by atoms with E-state index in [0.29, 0.717) is 18.8 Å². The van der Waals surface area contributed by atoms with Gasteiger partial charge in [-0.1, -0.05) is 115 Å². The molecule has 0 spiro atoms. The van der Waals surface area contributed by atoms with Crippen LogP contribution in [-0.4, -0.2) is 43.9 Å². The van der Waals surface area contributed by atoms with E-state index in [0.717, 1.165) is 44.7 Å². The molecule has 48 heavy (non-hydrogen) atoms. The lowest BCUT2D eigenvalue weighted by Gasteiger charge is -2.25. The van der Waals surface area contributed by atoms with Crippen LogP contribution in [0.15, 0.2) is 115 Å². The zero-order chi connectivity index (χ0) is 33.5. The van der Waals surface area contributed by atoms with Gasteiger partial charge in [-0.15, -0.1) is 5.10 Å². The Labute approximate surface area is 280 Å². The van der Waals surface area contributed by atoms with Gasteiger partial charge >= 0.3 is 6.09 Å². The highest BCUT2D eigenvalue weighted by Crippen LogP contribution is 2.23. The molecule has 6 aromatic rings. The number of nitrogens with zero attached hydrogens (tertiary/aromatic N) is 4. The molecule has 0 bridgehead atoms. The van der Waals surface area contributed by atoms with Gasteiger partial charge in [-0.2, -0.15) is 0 Å². The first-order valence-corrected chi connectivity index (χ1v) is 16.3. The molecule has 2 amide bonds. The van der Waals surface area contributed by atoms with E-state index < -0.39 is 23.8 Å². The van der Waals surface area contributed by atoms with Crippen molar-refractivity contribution in [3.8, 4) is 0 Å². The Hall–Kier alpha value is -5.57. The van der Waals surface area contributed by atoms with Crippen LogP contribution in [0.25, 0.3) is 21.5 Å². The van der Waals surface area contributed by atoms with Crippen molar-refractivity contribution in [1.29, 1.82) is 0 Å². The number of amides is 2. The van der Waals surface area contributed by atoms with Gasteiger partial charge in [0.1, 0.15) is 11.6 Å². The predicted octanol–water partition coefficient (Wildman–Crippen LogP) is 6.76. The normalized spacial score (nSPS) is 12.8. The fourth-order valence-electron chi connectivity index (χ4n) is 5.84. The summed E-state index contributed by atoms with van der Waals surface area (Å²) in [5, 5.41) is 23.1. The van der Waals surface area contributed by atoms with Crippen LogP contribution in [0.3, 0.4) is 0 Å². The fraction of sp³-hybridized carbons (Fsp3) is 0.256. The predicted molar refractivity (Wildman–Crippen MR) is 187 cm³/mol. The fourth-order valence-corrected chi connectivity index (χ4v) is 5.84. The lowest BCUT2D eigenvalue weighted by Crippen LogP contribution is -2.50. The van der Waals surface area contributed by atoms with Crippen LogP contribution in [-0.2, 0) is 35.3 Å². The van der Waals surface area contributed by atoms with Crippen LogP contribution in [0, 0.1) is 0 Å². The molecule has 5 aromatic carbocycles. The molecular formula is C39H40N6O3. The van der Waals surface area contributed by atoms with E-state index in [9.17, 15) is 9.59 Å². The van der Waals surface area contributed by atoms with Crippen molar-refractivity contribution in [2.45, 2.75) is 64.3 Å². The van der Waals surface area contributed by atoms with Crippen molar-refractivity contribution < 1.29 is 14.3 Å². The first-order valence-electron chi connectivity index (χ1n) is 16.3. The molecule has 6 rings (SSSR count). The second-order valence-corrected chi connectivity index (χ2v) is 13.0. The maximum Gasteiger partial charge on any atom is 0.408 e. The zero-order valence-corrected chi connectivity index (χ0v) is 27.5. The highest BCUT2D eigenvalue weighted by Gasteiger charge is 2.29. The van der Waals surface area contributed by atoms with Gasteiger partial charge in [0.25, 0.3) is 0 Å². The molecule has 244 valence electrons. The number of rotatable bonds is 11. The summed E-state index contributed by atoms with van der Waals surface area (Å²) in [5.74, 6) is 0.173. The summed E-state index contributed by atoms with van der Waals surface area (Å²) in [7, 11) is 0. The molecule has 1 aromatic heterocycles. The molecule has 9 heteroatoms. The third-order valence-electron chi connectivity index (χ3n) is 8.16. The minimum atomic E-state index is -0.922.